The highest BCUT2D eigenvalue weighted by atomic mass is 19.1. The van der Waals surface area contributed by atoms with Gasteiger partial charge in [0.1, 0.15) is 5.82 Å². The summed E-state index contributed by atoms with van der Waals surface area (Å²) in [5.74, 6) is -0.337. The molecule has 0 unspecified atom stereocenters. The summed E-state index contributed by atoms with van der Waals surface area (Å²) in [6.45, 7) is 0. The zero-order valence-corrected chi connectivity index (χ0v) is 11.5. The third-order valence-corrected chi connectivity index (χ3v) is 3.00. The van der Waals surface area contributed by atoms with E-state index in [1.165, 1.54) is 6.07 Å². The van der Waals surface area contributed by atoms with Crippen LogP contribution in [-0.2, 0) is 11.2 Å². The molecule has 6 heteroatoms. The Balaban J connectivity index is 1.70. The third kappa shape index (κ3) is 3.17. The number of carbonyl (C=O) groups is 1. The van der Waals surface area contributed by atoms with Crippen molar-refractivity contribution >= 4 is 11.6 Å². The molecular formula is C16H12FN3O2. The minimum absolute atomic E-state index is 0.0419. The molecule has 1 N–H and O–H groups in total. The molecular weight excluding hydrogens is 285 g/mol. The smallest absolute Gasteiger partial charge is 0.230 e. The molecule has 0 spiro atoms. The zero-order chi connectivity index (χ0) is 15.4. The topological polar surface area (TPSA) is 68.0 Å². The minimum atomic E-state index is -0.397. The second-order valence-electron chi connectivity index (χ2n) is 4.62. The SMILES string of the molecule is O=C(Cc1cc(-c2ccccc2F)on1)Nc1ccncc1. The Hall–Kier alpha value is -3.02. The van der Waals surface area contributed by atoms with Gasteiger partial charge in [-0.2, -0.15) is 0 Å². The van der Waals surface area contributed by atoms with Crippen molar-refractivity contribution in [2.75, 3.05) is 5.32 Å². The molecule has 0 aliphatic rings. The van der Waals surface area contributed by atoms with Gasteiger partial charge < -0.3 is 9.84 Å². The summed E-state index contributed by atoms with van der Waals surface area (Å²) < 4.78 is 18.8. The van der Waals surface area contributed by atoms with Gasteiger partial charge in [-0.1, -0.05) is 17.3 Å². The second-order valence-corrected chi connectivity index (χ2v) is 4.62. The number of nitrogens with zero attached hydrogens (tertiary/aromatic N) is 2. The molecule has 0 aliphatic heterocycles. The zero-order valence-electron chi connectivity index (χ0n) is 11.5. The van der Waals surface area contributed by atoms with E-state index >= 15 is 0 Å². The molecule has 0 bridgehead atoms. The van der Waals surface area contributed by atoms with Gasteiger partial charge in [0, 0.05) is 24.1 Å². The highest BCUT2D eigenvalue weighted by Crippen LogP contribution is 2.23. The molecule has 110 valence electrons. The van der Waals surface area contributed by atoms with Crippen LogP contribution in [0.1, 0.15) is 5.69 Å². The van der Waals surface area contributed by atoms with Crippen LogP contribution in [0.3, 0.4) is 0 Å². The van der Waals surface area contributed by atoms with Gasteiger partial charge in [0.15, 0.2) is 5.76 Å². The summed E-state index contributed by atoms with van der Waals surface area (Å²) in [5.41, 5.74) is 1.40. The number of carbonyl (C=O) groups excluding carboxylic acids is 1. The van der Waals surface area contributed by atoms with Gasteiger partial charge >= 0.3 is 0 Å². The van der Waals surface area contributed by atoms with Crippen LogP contribution in [0.5, 0.6) is 0 Å². The third-order valence-electron chi connectivity index (χ3n) is 3.00. The predicted molar refractivity (Wildman–Crippen MR) is 78.5 cm³/mol. The van der Waals surface area contributed by atoms with Gasteiger partial charge in [0.05, 0.1) is 17.7 Å². The van der Waals surface area contributed by atoms with Crippen LogP contribution in [0.2, 0.25) is 0 Å². The van der Waals surface area contributed by atoms with Crippen LogP contribution < -0.4 is 5.32 Å². The van der Waals surface area contributed by atoms with Crippen LogP contribution in [-0.4, -0.2) is 16.0 Å². The minimum Gasteiger partial charge on any atom is -0.356 e. The van der Waals surface area contributed by atoms with Crippen molar-refractivity contribution in [2.45, 2.75) is 6.42 Å². The molecule has 0 saturated heterocycles. The summed E-state index contributed by atoms with van der Waals surface area (Å²) in [6, 6.07) is 11.2. The van der Waals surface area contributed by atoms with E-state index in [-0.39, 0.29) is 12.3 Å². The monoisotopic (exact) mass is 297 g/mol. The van der Waals surface area contributed by atoms with Gasteiger partial charge in [-0.3, -0.25) is 9.78 Å². The summed E-state index contributed by atoms with van der Waals surface area (Å²) >= 11 is 0. The van der Waals surface area contributed by atoms with Crippen LogP contribution in [0.15, 0.2) is 59.4 Å². The number of amides is 1. The fraction of sp³-hybridized carbons (Fsp3) is 0.0625. The number of nitrogens with one attached hydrogen (secondary N) is 1. The van der Waals surface area contributed by atoms with E-state index in [0.717, 1.165) is 0 Å². The molecule has 0 aliphatic carbocycles. The average Bonchev–Trinajstić information content (AvgIpc) is 2.97. The van der Waals surface area contributed by atoms with Crippen LogP contribution in [0, 0.1) is 5.82 Å². The van der Waals surface area contributed by atoms with E-state index < -0.39 is 5.82 Å². The Morgan fingerprint density at radius 2 is 1.95 bits per heavy atom. The molecule has 0 fully saturated rings. The number of benzene rings is 1. The van der Waals surface area contributed by atoms with Crippen molar-refractivity contribution in [1.82, 2.24) is 10.1 Å². The molecule has 22 heavy (non-hydrogen) atoms. The first kappa shape index (κ1) is 13.9. The van der Waals surface area contributed by atoms with Crippen molar-refractivity contribution in [3.05, 3.63) is 66.4 Å². The summed E-state index contributed by atoms with van der Waals surface area (Å²) in [6.07, 6.45) is 3.21. The molecule has 5 nitrogen and oxygen atoms in total. The maximum absolute atomic E-state index is 13.7. The van der Waals surface area contributed by atoms with E-state index in [1.807, 2.05) is 0 Å². The maximum Gasteiger partial charge on any atom is 0.230 e. The highest BCUT2D eigenvalue weighted by Gasteiger charge is 2.13. The van der Waals surface area contributed by atoms with Gasteiger partial charge in [0.25, 0.3) is 0 Å². The molecule has 0 radical (unpaired) electrons. The lowest BCUT2D eigenvalue weighted by atomic mass is 10.1. The predicted octanol–water partition coefficient (Wildman–Crippen LogP) is 3.06. The summed E-state index contributed by atoms with van der Waals surface area (Å²) in [4.78, 5) is 15.8. The first-order chi connectivity index (χ1) is 10.7. The van der Waals surface area contributed by atoms with Crippen molar-refractivity contribution in [3.8, 4) is 11.3 Å². The first-order valence-electron chi connectivity index (χ1n) is 6.63. The molecule has 3 aromatic rings. The lowest BCUT2D eigenvalue weighted by Crippen LogP contribution is -2.14. The first-order valence-corrected chi connectivity index (χ1v) is 6.63. The Morgan fingerprint density at radius 1 is 1.18 bits per heavy atom. The van der Waals surface area contributed by atoms with E-state index in [9.17, 15) is 9.18 Å². The highest BCUT2D eigenvalue weighted by molar-refractivity contribution is 5.92. The number of rotatable bonds is 4. The van der Waals surface area contributed by atoms with E-state index in [0.29, 0.717) is 22.7 Å². The summed E-state index contributed by atoms with van der Waals surface area (Å²) in [7, 11) is 0. The number of hydrogen-bond donors (Lipinski definition) is 1. The van der Waals surface area contributed by atoms with Gasteiger partial charge in [0.2, 0.25) is 5.91 Å². The largest absolute Gasteiger partial charge is 0.356 e. The maximum atomic E-state index is 13.7. The molecule has 1 amide bonds. The molecule has 2 aromatic heterocycles. The van der Waals surface area contributed by atoms with E-state index in [2.05, 4.69) is 15.5 Å². The second kappa shape index (κ2) is 6.17. The van der Waals surface area contributed by atoms with Crippen LogP contribution >= 0.6 is 0 Å². The Morgan fingerprint density at radius 3 is 2.73 bits per heavy atom. The number of hydrogen-bond acceptors (Lipinski definition) is 4. The van der Waals surface area contributed by atoms with Crippen molar-refractivity contribution in [1.29, 1.82) is 0 Å². The fourth-order valence-electron chi connectivity index (χ4n) is 1.99. The Bertz CT molecular complexity index is 787. The fourth-order valence-corrected chi connectivity index (χ4v) is 1.99. The van der Waals surface area contributed by atoms with Gasteiger partial charge in [-0.15, -0.1) is 0 Å². The van der Waals surface area contributed by atoms with Crippen LogP contribution in [0.4, 0.5) is 10.1 Å². The quantitative estimate of drug-likeness (QED) is 0.803. The van der Waals surface area contributed by atoms with Crippen molar-refractivity contribution in [2.24, 2.45) is 0 Å². The Kier molecular flexibility index (Phi) is 3.91. The molecule has 2 heterocycles. The number of halogens is 1. The average molecular weight is 297 g/mol. The number of aromatic nitrogens is 2. The van der Waals surface area contributed by atoms with Gasteiger partial charge in [-0.25, -0.2) is 4.39 Å². The Labute approximate surface area is 125 Å². The normalized spacial score (nSPS) is 10.4. The molecule has 0 saturated carbocycles. The molecule has 1 aromatic carbocycles. The van der Waals surface area contributed by atoms with Gasteiger partial charge in [-0.05, 0) is 24.3 Å². The standard InChI is InChI=1S/C16H12FN3O2/c17-14-4-2-1-3-13(14)15-9-12(20-22-15)10-16(21)19-11-5-7-18-8-6-11/h1-9H,10H2,(H,18,19,21). The van der Waals surface area contributed by atoms with Crippen LogP contribution in [0.25, 0.3) is 11.3 Å². The molecule has 3 rings (SSSR count). The number of anilines is 1. The number of pyridine rings is 1. The summed E-state index contributed by atoms with van der Waals surface area (Å²) in [5, 5.41) is 6.52. The van der Waals surface area contributed by atoms with Crippen molar-refractivity contribution in [3.63, 3.8) is 0 Å². The molecule has 0 atom stereocenters. The van der Waals surface area contributed by atoms with E-state index in [4.69, 9.17) is 4.52 Å². The van der Waals surface area contributed by atoms with E-state index in [1.54, 1.807) is 48.8 Å². The lowest BCUT2D eigenvalue weighted by Gasteiger charge is -2.02. The van der Waals surface area contributed by atoms with Crippen molar-refractivity contribution < 1.29 is 13.7 Å². The lowest BCUT2D eigenvalue weighted by molar-refractivity contribution is -0.115.